The van der Waals surface area contributed by atoms with Crippen molar-refractivity contribution < 1.29 is 14.6 Å². The maximum Gasteiger partial charge on any atom is 0.314 e. The van der Waals surface area contributed by atoms with Crippen molar-refractivity contribution in [2.75, 3.05) is 7.11 Å². The van der Waals surface area contributed by atoms with E-state index in [1.165, 1.54) is 0 Å². The van der Waals surface area contributed by atoms with Crippen molar-refractivity contribution in [2.24, 2.45) is 0 Å². The molecule has 1 saturated carbocycles. The summed E-state index contributed by atoms with van der Waals surface area (Å²) in [5, 5.41) is 9.83. The van der Waals surface area contributed by atoms with Crippen LogP contribution in [0.3, 0.4) is 0 Å². The summed E-state index contributed by atoms with van der Waals surface area (Å²) in [6.07, 6.45) is 1.30. The van der Waals surface area contributed by atoms with Crippen LogP contribution in [0.5, 0.6) is 5.75 Å². The third-order valence-electron chi connectivity index (χ3n) is 3.16. The molecule has 0 heterocycles. The molecule has 0 atom stereocenters. The zero-order valence-electron chi connectivity index (χ0n) is 9.21. The second-order valence-electron chi connectivity index (χ2n) is 4.19. The van der Waals surface area contributed by atoms with Gasteiger partial charge in [-0.05, 0) is 37.5 Å². The standard InChI is InChI=1S/C12H13ClO3/c1-7-5-10(16-2)8(6-9(7)13)12(3-4-12)11(14)15/h5-6H,3-4H2,1-2H3,(H,14,15). The average Bonchev–Trinajstić information content (AvgIpc) is 3.02. The molecule has 1 aromatic rings. The molecular formula is C12H13ClO3. The third kappa shape index (κ3) is 1.55. The molecule has 1 aliphatic rings. The summed E-state index contributed by atoms with van der Waals surface area (Å²) < 4.78 is 5.24. The van der Waals surface area contributed by atoms with Crippen molar-refractivity contribution in [1.29, 1.82) is 0 Å². The van der Waals surface area contributed by atoms with Gasteiger partial charge in [-0.1, -0.05) is 11.6 Å². The van der Waals surface area contributed by atoms with E-state index in [9.17, 15) is 9.90 Å². The molecule has 1 aliphatic carbocycles. The second kappa shape index (κ2) is 3.67. The van der Waals surface area contributed by atoms with Gasteiger partial charge in [0.15, 0.2) is 0 Å². The first-order chi connectivity index (χ1) is 7.51. The number of hydrogen-bond donors (Lipinski definition) is 1. The Morgan fingerprint density at radius 1 is 1.50 bits per heavy atom. The van der Waals surface area contributed by atoms with Crippen LogP contribution in [-0.2, 0) is 10.2 Å². The average molecular weight is 241 g/mol. The van der Waals surface area contributed by atoms with Gasteiger partial charge in [0, 0.05) is 10.6 Å². The van der Waals surface area contributed by atoms with Gasteiger partial charge in [0.25, 0.3) is 0 Å². The largest absolute Gasteiger partial charge is 0.496 e. The molecule has 0 amide bonds. The number of carboxylic acid groups (broad SMARTS) is 1. The van der Waals surface area contributed by atoms with Crippen LogP contribution in [0.15, 0.2) is 12.1 Å². The molecular weight excluding hydrogens is 228 g/mol. The summed E-state index contributed by atoms with van der Waals surface area (Å²) in [6.45, 7) is 1.87. The quantitative estimate of drug-likeness (QED) is 0.884. The Balaban J connectivity index is 2.56. The summed E-state index contributed by atoms with van der Waals surface area (Å²) in [5.41, 5.74) is 0.810. The lowest BCUT2D eigenvalue weighted by Crippen LogP contribution is -2.20. The highest BCUT2D eigenvalue weighted by atomic mass is 35.5. The fourth-order valence-electron chi connectivity index (χ4n) is 1.92. The predicted molar refractivity (Wildman–Crippen MR) is 61.3 cm³/mol. The highest BCUT2D eigenvalue weighted by Crippen LogP contribution is 2.52. The molecule has 0 radical (unpaired) electrons. The Labute approximate surface area is 99.0 Å². The zero-order valence-corrected chi connectivity index (χ0v) is 9.97. The van der Waals surface area contributed by atoms with Crippen LogP contribution in [0, 0.1) is 6.92 Å². The molecule has 0 aromatic heterocycles. The Morgan fingerprint density at radius 3 is 2.56 bits per heavy atom. The van der Waals surface area contributed by atoms with Gasteiger partial charge in [0.1, 0.15) is 5.75 Å². The normalized spacial score (nSPS) is 16.9. The van der Waals surface area contributed by atoms with Crippen LogP contribution in [0.4, 0.5) is 0 Å². The summed E-state index contributed by atoms with van der Waals surface area (Å²) in [4.78, 5) is 11.2. The molecule has 1 aromatic carbocycles. The van der Waals surface area contributed by atoms with E-state index < -0.39 is 11.4 Å². The molecule has 0 saturated heterocycles. The van der Waals surface area contributed by atoms with Gasteiger partial charge in [-0.2, -0.15) is 0 Å². The van der Waals surface area contributed by atoms with E-state index in [1.807, 2.05) is 6.92 Å². The number of ether oxygens (including phenoxy) is 1. The summed E-state index contributed by atoms with van der Waals surface area (Å²) in [5.74, 6) is -0.187. The molecule has 4 heteroatoms. The number of aryl methyl sites for hydroxylation is 1. The lowest BCUT2D eigenvalue weighted by atomic mass is 9.94. The maximum absolute atomic E-state index is 11.2. The molecule has 2 rings (SSSR count). The highest BCUT2D eigenvalue weighted by molar-refractivity contribution is 6.31. The Kier molecular flexibility index (Phi) is 2.58. The Hall–Kier alpha value is -1.22. The number of aliphatic carboxylic acids is 1. The number of benzene rings is 1. The number of hydrogen-bond acceptors (Lipinski definition) is 2. The van der Waals surface area contributed by atoms with Gasteiger partial charge in [0.2, 0.25) is 0 Å². The summed E-state index contributed by atoms with van der Waals surface area (Å²) in [6, 6.07) is 3.51. The summed E-state index contributed by atoms with van der Waals surface area (Å²) >= 11 is 6.03. The van der Waals surface area contributed by atoms with Crippen molar-refractivity contribution in [3.05, 3.63) is 28.3 Å². The van der Waals surface area contributed by atoms with Crippen LogP contribution in [0.25, 0.3) is 0 Å². The molecule has 1 fully saturated rings. The van der Waals surface area contributed by atoms with Gasteiger partial charge >= 0.3 is 5.97 Å². The number of halogens is 1. The molecule has 86 valence electrons. The predicted octanol–water partition coefficient (Wildman–Crippen LogP) is 2.77. The van der Waals surface area contributed by atoms with E-state index in [-0.39, 0.29) is 0 Å². The molecule has 0 bridgehead atoms. The fraction of sp³-hybridized carbons (Fsp3) is 0.417. The third-order valence-corrected chi connectivity index (χ3v) is 3.56. The van der Waals surface area contributed by atoms with Crippen molar-refractivity contribution in [1.82, 2.24) is 0 Å². The zero-order chi connectivity index (χ0) is 11.9. The van der Waals surface area contributed by atoms with Gasteiger partial charge < -0.3 is 9.84 Å². The number of methoxy groups -OCH3 is 1. The van der Waals surface area contributed by atoms with E-state index in [4.69, 9.17) is 16.3 Å². The molecule has 16 heavy (non-hydrogen) atoms. The lowest BCUT2D eigenvalue weighted by molar-refractivity contribution is -0.140. The van der Waals surface area contributed by atoms with Crippen LogP contribution in [0.2, 0.25) is 5.02 Å². The van der Waals surface area contributed by atoms with E-state index in [1.54, 1.807) is 19.2 Å². The van der Waals surface area contributed by atoms with Gasteiger partial charge in [-0.25, -0.2) is 0 Å². The van der Waals surface area contributed by atoms with Crippen molar-refractivity contribution >= 4 is 17.6 Å². The van der Waals surface area contributed by atoms with Gasteiger partial charge in [-0.3, -0.25) is 4.79 Å². The number of carboxylic acids is 1. The SMILES string of the molecule is COc1cc(C)c(Cl)cc1C1(C(=O)O)CC1. The minimum atomic E-state index is -0.800. The van der Waals surface area contributed by atoms with Crippen molar-refractivity contribution in [2.45, 2.75) is 25.2 Å². The first-order valence-corrected chi connectivity index (χ1v) is 5.47. The second-order valence-corrected chi connectivity index (χ2v) is 4.60. The minimum absolute atomic E-state index is 0.586. The monoisotopic (exact) mass is 240 g/mol. The van der Waals surface area contributed by atoms with Crippen molar-refractivity contribution in [3.63, 3.8) is 0 Å². The maximum atomic E-state index is 11.2. The number of rotatable bonds is 3. The van der Waals surface area contributed by atoms with E-state index in [2.05, 4.69) is 0 Å². The minimum Gasteiger partial charge on any atom is -0.496 e. The summed E-state index contributed by atoms with van der Waals surface area (Å²) in [7, 11) is 1.55. The molecule has 0 spiro atoms. The first-order valence-electron chi connectivity index (χ1n) is 5.09. The number of carbonyl (C=O) groups is 1. The molecule has 0 aliphatic heterocycles. The lowest BCUT2D eigenvalue weighted by Gasteiger charge is -2.16. The van der Waals surface area contributed by atoms with Gasteiger partial charge in [-0.15, -0.1) is 0 Å². The topological polar surface area (TPSA) is 46.5 Å². The van der Waals surface area contributed by atoms with Crippen LogP contribution in [0.1, 0.15) is 24.0 Å². The van der Waals surface area contributed by atoms with Crippen LogP contribution >= 0.6 is 11.6 Å². The van der Waals surface area contributed by atoms with Crippen LogP contribution < -0.4 is 4.74 Å². The molecule has 3 nitrogen and oxygen atoms in total. The van der Waals surface area contributed by atoms with E-state index >= 15 is 0 Å². The van der Waals surface area contributed by atoms with E-state index in [0.717, 1.165) is 5.56 Å². The molecule has 0 unspecified atom stereocenters. The highest BCUT2D eigenvalue weighted by Gasteiger charge is 2.53. The Bertz CT molecular complexity index is 450. The van der Waals surface area contributed by atoms with Crippen LogP contribution in [-0.4, -0.2) is 18.2 Å². The molecule has 1 N–H and O–H groups in total. The Morgan fingerprint density at radius 2 is 2.12 bits per heavy atom. The first kappa shape index (κ1) is 11.3. The van der Waals surface area contributed by atoms with Crippen molar-refractivity contribution in [3.8, 4) is 5.75 Å². The van der Waals surface area contributed by atoms with E-state index in [0.29, 0.717) is 29.2 Å². The smallest absolute Gasteiger partial charge is 0.314 e. The fourth-order valence-corrected chi connectivity index (χ4v) is 2.08. The van der Waals surface area contributed by atoms with Gasteiger partial charge in [0.05, 0.1) is 12.5 Å².